The first-order chi connectivity index (χ1) is 6.68. The van der Waals surface area contributed by atoms with Crippen LogP contribution in [0.4, 0.5) is 0 Å². The maximum Gasteiger partial charge on any atom is 0.338 e. The van der Waals surface area contributed by atoms with E-state index >= 15 is 0 Å². The van der Waals surface area contributed by atoms with Gasteiger partial charge in [-0.2, -0.15) is 0 Å². The van der Waals surface area contributed by atoms with Crippen molar-refractivity contribution in [1.82, 2.24) is 9.97 Å². The number of carboxylic acid groups (broad SMARTS) is 1. The number of aromatic carboxylic acids is 1. The van der Waals surface area contributed by atoms with Gasteiger partial charge < -0.3 is 5.11 Å². The third-order valence-corrected chi connectivity index (χ3v) is 2.38. The molecule has 0 bridgehead atoms. The van der Waals surface area contributed by atoms with Crippen LogP contribution >= 0.6 is 15.9 Å². The van der Waals surface area contributed by atoms with E-state index in [2.05, 4.69) is 25.9 Å². The monoisotopic (exact) mass is 252 g/mol. The van der Waals surface area contributed by atoms with Crippen LogP contribution in [0.5, 0.6) is 0 Å². The highest BCUT2D eigenvalue weighted by Crippen LogP contribution is 2.19. The predicted molar refractivity (Wildman–Crippen MR) is 54.2 cm³/mol. The van der Waals surface area contributed by atoms with E-state index in [0.29, 0.717) is 15.6 Å². The lowest BCUT2D eigenvalue weighted by Crippen LogP contribution is -2.00. The number of nitrogens with zero attached hydrogens (tertiary/aromatic N) is 2. The Morgan fingerprint density at radius 2 is 2.29 bits per heavy atom. The average Bonchev–Trinajstić information content (AvgIpc) is 2.16. The Labute approximate surface area is 87.7 Å². The summed E-state index contributed by atoms with van der Waals surface area (Å²) in [6, 6.07) is 5.06. The van der Waals surface area contributed by atoms with E-state index in [0.717, 1.165) is 0 Å². The molecule has 2 heterocycles. The van der Waals surface area contributed by atoms with Crippen LogP contribution in [0.3, 0.4) is 0 Å². The normalized spacial score (nSPS) is 10.4. The fourth-order valence-corrected chi connectivity index (χ4v) is 1.59. The maximum absolute atomic E-state index is 10.8. The van der Waals surface area contributed by atoms with E-state index in [1.807, 2.05) is 0 Å². The molecule has 0 saturated heterocycles. The smallest absolute Gasteiger partial charge is 0.338 e. The SMILES string of the molecule is O=C(O)c1cc2cccnc2nc1Br. The zero-order chi connectivity index (χ0) is 10.1. The highest BCUT2D eigenvalue weighted by Gasteiger charge is 2.10. The molecule has 0 atom stereocenters. The van der Waals surface area contributed by atoms with E-state index in [1.54, 1.807) is 24.4 Å². The molecule has 0 aliphatic rings. The summed E-state index contributed by atoms with van der Waals surface area (Å²) >= 11 is 3.09. The Kier molecular flexibility index (Phi) is 2.17. The standard InChI is InChI=1S/C9H5BrN2O2/c10-7-6(9(13)14)4-5-2-1-3-11-8(5)12-7/h1-4H,(H,13,14). The molecule has 2 aromatic heterocycles. The molecule has 0 radical (unpaired) electrons. The third kappa shape index (κ3) is 1.46. The molecular formula is C9H5BrN2O2. The summed E-state index contributed by atoms with van der Waals surface area (Å²) in [5, 5.41) is 9.55. The summed E-state index contributed by atoms with van der Waals surface area (Å²) in [6.07, 6.45) is 1.61. The summed E-state index contributed by atoms with van der Waals surface area (Å²) in [4.78, 5) is 18.8. The molecule has 0 unspecified atom stereocenters. The lowest BCUT2D eigenvalue weighted by atomic mass is 10.2. The molecule has 0 aromatic carbocycles. The van der Waals surface area contributed by atoms with Crippen LogP contribution in [-0.4, -0.2) is 21.0 Å². The second-order valence-electron chi connectivity index (χ2n) is 2.68. The van der Waals surface area contributed by atoms with Crippen molar-refractivity contribution in [3.8, 4) is 0 Å². The molecular weight excluding hydrogens is 248 g/mol. The van der Waals surface area contributed by atoms with Crippen molar-refractivity contribution in [3.05, 3.63) is 34.6 Å². The Morgan fingerprint density at radius 3 is 3.00 bits per heavy atom. The Bertz CT molecular complexity index is 513. The fraction of sp³-hybridized carbons (Fsp3) is 0. The highest BCUT2D eigenvalue weighted by atomic mass is 79.9. The topological polar surface area (TPSA) is 63.1 Å². The van der Waals surface area contributed by atoms with Crippen molar-refractivity contribution in [3.63, 3.8) is 0 Å². The molecule has 0 aliphatic carbocycles. The van der Waals surface area contributed by atoms with Crippen molar-refractivity contribution in [2.24, 2.45) is 0 Å². The van der Waals surface area contributed by atoms with Crippen LogP contribution in [-0.2, 0) is 0 Å². The second-order valence-corrected chi connectivity index (χ2v) is 3.43. The average molecular weight is 253 g/mol. The highest BCUT2D eigenvalue weighted by molar-refractivity contribution is 9.10. The van der Waals surface area contributed by atoms with Gasteiger partial charge in [-0.05, 0) is 34.1 Å². The molecule has 0 spiro atoms. The van der Waals surface area contributed by atoms with Gasteiger partial charge in [-0.1, -0.05) is 0 Å². The Hall–Kier alpha value is -1.49. The number of carbonyl (C=O) groups is 1. The number of fused-ring (bicyclic) bond motifs is 1. The number of hydrogen-bond donors (Lipinski definition) is 1. The largest absolute Gasteiger partial charge is 0.478 e. The van der Waals surface area contributed by atoms with Gasteiger partial charge in [-0.15, -0.1) is 0 Å². The van der Waals surface area contributed by atoms with Gasteiger partial charge in [0.1, 0.15) is 4.60 Å². The van der Waals surface area contributed by atoms with Crippen molar-refractivity contribution in [2.75, 3.05) is 0 Å². The molecule has 14 heavy (non-hydrogen) atoms. The minimum Gasteiger partial charge on any atom is -0.478 e. The van der Waals surface area contributed by atoms with Gasteiger partial charge >= 0.3 is 5.97 Å². The third-order valence-electron chi connectivity index (χ3n) is 1.77. The van der Waals surface area contributed by atoms with Gasteiger partial charge in [-0.3, -0.25) is 0 Å². The molecule has 5 heteroatoms. The first-order valence-electron chi connectivity index (χ1n) is 3.83. The van der Waals surface area contributed by atoms with Crippen LogP contribution < -0.4 is 0 Å². The van der Waals surface area contributed by atoms with Crippen LogP contribution in [0.25, 0.3) is 11.0 Å². The van der Waals surface area contributed by atoms with Crippen LogP contribution in [0, 0.1) is 0 Å². The summed E-state index contributed by atoms with van der Waals surface area (Å²) in [5.74, 6) is -1.00. The molecule has 70 valence electrons. The van der Waals surface area contributed by atoms with Gasteiger partial charge in [0.2, 0.25) is 0 Å². The minimum atomic E-state index is -1.00. The molecule has 0 fully saturated rings. The molecule has 2 rings (SSSR count). The summed E-state index contributed by atoms with van der Waals surface area (Å²) < 4.78 is 0.302. The van der Waals surface area contributed by atoms with Crippen molar-refractivity contribution in [2.45, 2.75) is 0 Å². The number of aromatic nitrogens is 2. The van der Waals surface area contributed by atoms with Crippen molar-refractivity contribution in [1.29, 1.82) is 0 Å². The summed E-state index contributed by atoms with van der Waals surface area (Å²) in [6.45, 7) is 0. The molecule has 4 nitrogen and oxygen atoms in total. The number of halogens is 1. The molecule has 1 N–H and O–H groups in total. The minimum absolute atomic E-state index is 0.144. The lowest BCUT2D eigenvalue weighted by Gasteiger charge is -2.00. The van der Waals surface area contributed by atoms with Gasteiger partial charge in [0.05, 0.1) is 5.56 Å². The predicted octanol–water partition coefficient (Wildman–Crippen LogP) is 2.09. The van der Waals surface area contributed by atoms with E-state index < -0.39 is 5.97 Å². The quantitative estimate of drug-likeness (QED) is 0.790. The molecule has 2 aromatic rings. The lowest BCUT2D eigenvalue weighted by molar-refractivity contribution is 0.0695. The van der Waals surface area contributed by atoms with Gasteiger partial charge in [0.15, 0.2) is 5.65 Å². The molecule has 0 amide bonds. The number of carboxylic acids is 1. The fourth-order valence-electron chi connectivity index (χ4n) is 1.13. The second kappa shape index (κ2) is 3.34. The molecule has 0 aliphatic heterocycles. The molecule has 0 saturated carbocycles. The zero-order valence-electron chi connectivity index (χ0n) is 6.94. The number of hydrogen-bond acceptors (Lipinski definition) is 3. The first kappa shape index (κ1) is 9.08. The first-order valence-corrected chi connectivity index (χ1v) is 4.62. The van der Waals surface area contributed by atoms with Crippen LogP contribution in [0.2, 0.25) is 0 Å². The van der Waals surface area contributed by atoms with E-state index in [9.17, 15) is 4.79 Å². The van der Waals surface area contributed by atoms with Gasteiger partial charge in [0, 0.05) is 11.6 Å². The van der Waals surface area contributed by atoms with Gasteiger partial charge in [0.25, 0.3) is 0 Å². The maximum atomic E-state index is 10.8. The van der Waals surface area contributed by atoms with Gasteiger partial charge in [-0.25, -0.2) is 14.8 Å². The Morgan fingerprint density at radius 1 is 1.50 bits per heavy atom. The Balaban J connectivity index is 2.77. The van der Waals surface area contributed by atoms with Crippen molar-refractivity contribution < 1.29 is 9.90 Å². The van der Waals surface area contributed by atoms with Crippen LogP contribution in [0.1, 0.15) is 10.4 Å². The van der Waals surface area contributed by atoms with E-state index in [1.165, 1.54) is 0 Å². The van der Waals surface area contributed by atoms with Crippen molar-refractivity contribution >= 4 is 32.9 Å². The number of rotatable bonds is 1. The summed E-state index contributed by atoms with van der Waals surface area (Å²) in [7, 11) is 0. The zero-order valence-corrected chi connectivity index (χ0v) is 8.52. The van der Waals surface area contributed by atoms with E-state index in [-0.39, 0.29) is 5.56 Å². The van der Waals surface area contributed by atoms with E-state index in [4.69, 9.17) is 5.11 Å². The number of pyridine rings is 2. The van der Waals surface area contributed by atoms with Crippen LogP contribution in [0.15, 0.2) is 29.0 Å². The summed E-state index contributed by atoms with van der Waals surface area (Å²) in [5.41, 5.74) is 0.676.